The molecule has 1 aromatic carbocycles. The Morgan fingerprint density at radius 2 is 2.06 bits per heavy atom. The van der Waals surface area contributed by atoms with Gasteiger partial charge in [0.05, 0.1) is 0 Å². The highest BCUT2D eigenvalue weighted by Gasteiger charge is 2.15. The summed E-state index contributed by atoms with van der Waals surface area (Å²) in [6.45, 7) is 5.43. The van der Waals surface area contributed by atoms with E-state index in [1.807, 2.05) is 38.1 Å². The second kappa shape index (κ2) is 6.77. The molecule has 94 valence electrons. The quantitative estimate of drug-likeness (QED) is 0.908. The highest BCUT2D eigenvalue weighted by molar-refractivity contribution is 9.10. The first kappa shape index (κ1) is 14.2. The summed E-state index contributed by atoms with van der Waals surface area (Å²) < 4.78 is 0.987. The molecule has 3 nitrogen and oxygen atoms in total. The van der Waals surface area contributed by atoms with E-state index in [-0.39, 0.29) is 11.9 Å². The molecule has 0 bridgehead atoms. The summed E-state index contributed by atoms with van der Waals surface area (Å²) in [5.41, 5.74) is 7.03. The largest absolute Gasteiger partial charge is 0.343 e. The van der Waals surface area contributed by atoms with E-state index in [9.17, 15) is 4.79 Å². The van der Waals surface area contributed by atoms with Gasteiger partial charge in [-0.15, -0.1) is 0 Å². The van der Waals surface area contributed by atoms with Gasteiger partial charge in [0.1, 0.15) is 0 Å². The molecule has 17 heavy (non-hydrogen) atoms. The zero-order chi connectivity index (χ0) is 12.8. The van der Waals surface area contributed by atoms with Gasteiger partial charge in [-0.25, -0.2) is 0 Å². The smallest absolute Gasteiger partial charge is 0.224 e. The molecule has 2 N–H and O–H groups in total. The van der Waals surface area contributed by atoms with Crippen LogP contribution in [0.2, 0.25) is 0 Å². The summed E-state index contributed by atoms with van der Waals surface area (Å²) in [5.74, 6) is 0.113. The van der Waals surface area contributed by atoms with Crippen LogP contribution in [0.15, 0.2) is 28.7 Å². The molecule has 1 amide bonds. The van der Waals surface area contributed by atoms with E-state index in [2.05, 4.69) is 15.9 Å². The predicted molar refractivity (Wildman–Crippen MR) is 73.6 cm³/mol. The molecular formula is C13H19BrN2O. The fraction of sp³-hybridized carbons (Fsp3) is 0.462. The number of halogens is 1. The third-order valence-electron chi connectivity index (χ3n) is 2.79. The van der Waals surface area contributed by atoms with Crippen molar-refractivity contribution in [2.24, 2.45) is 5.73 Å². The van der Waals surface area contributed by atoms with Crippen LogP contribution in [0, 0.1) is 0 Å². The number of nitrogens with two attached hydrogens (primary N) is 1. The van der Waals surface area contributed by atoms with E-state index in [1.165, 1.54) is 0 Å². The van der Waals surface area contributed by atoms with E-state index >= 15 is 0 Å². The molecule has 0 aromatic heterocycles. The number of nitrogens with zero attached hydrogens (tertiary/aromatic N) is 1. The van der Waals surface area contributed by atoms with Crippen molar-refractivity contribution in [3.63, 3.8) is 0 Å². The molecule has 0 fully saturated rings. The van der Waals surface area contributed by atoms with E-state index < -0.39 is 0 Å². The standard InChI is InChI=1S/C13H19BrN2O/c1-3-16(4-2)13(17)9-12(15)10-6-5-7-11(14)8-10/h5-8,12H,3-4,9,15H2,1-2H3. The van der Waals surface area contributed by atoms with Gasteiger partial charge in [0.25, 0.3) is 0 Å². The fourth-order valence-electron chi connectivity index (χ4n) is 1.75. The zero-order valence-electron chi connectivity index (χ0n) is 10.3. The van der Waals surface area contributed by atoms with Crippen LogP contribution in [0.1, 0.15) is 31.9 Å². The summed E-state index contributed by atoms with van der Waals surface area (Å²) in [7, 11) is 0. The van der Waals surface area contributed by atoms with Crippen LogP contribution in [-0.2, 0) is 4.79 Å². The summed E-state index contributed by atoms with van der Waals surface area (Å²) in [4.78, 5) is 13.7. The number of hydrogen-bond donors (Lipinski definition) is 1. The molecule has 1 atom stereocenters. The van der Waals surface area contributed by atoms with Crippen molar-refractivity contribution in [1.82, 2.24) is 4.90 Å². The van der Waals surface area contributed by atoms with Crippen LogP contribution in [-0.4, -0.2) is 23.9 Å². The van der Waals surface area contributed by atoms with Crippen LogP contribution in [0.25, 0.3) is 0 Å². The first-order valence-corrected chi connectivity index (χ1v) is 6.66. The number of hydrogen-bond acceptors (Lipinski definition) is 2. The highest BCUT2D eigenvalue weighted by atomic mass is 79.9. The summed E-state index contributed by atoms with van der Waals surface area (Å²) in [6.07, 6.45) is 0.359. The second-order valence-corrected chi connectivity index (χ2v) is 4.85. The first-order valence-electron chi connectivity index (χ1n) is 5.87. The Kier molecular flexibility index (Phi) is 5.65. The lowest BCUT2D eigenvalue weighted by Gasteiger charge is -2.21. The van der Waals surface area contributed by atoms with Gasteiger partial charge in [-0.2, -0.15) is 0 Å². The van der Waals surface area contributed by atoms with Gasteiger partial charge in [-0.1, -0.05) is 28.1 Å². The molecular weight excluding hydrogens is 280 g/mol. The molecule has 1 unspecified atom stereocenters. The number of carbonyl (C=O) groups excluding carboxylic acids is 1. The maximum atomic E-state index is 11.9. The minimum atomic E-state index is -0.236. The number of carbonyl (C=O) groups is 1. The van der Waals surface area contributed by atoms with Crippen molar-refractivity contribution in [3.8, 4) is 0 Å². The lowest BCUT2D eigenvalue weighted by Crippen LogP contribution is -2.32. The third-order valence-corrected chi connectivity index (χ3v) is 3.28. The van der Waals surface area contributed by atoms with Gasteiger partial charge in [0.2, 0.25) is 5.91 Å². The molecule has 0 saturated heterocycles. The van der Waals surface area contributed by atoms with Crippen molar-refractivity contribution < 1.29 is 4.79 Å². The van der Waals surface area contributed by atoms with Crippen molar-refractivity contribution in [2.45, 2.75) is 26.3 Å². The van der Waals surface area contributed by atoms with Crippen LogP contribution < -0.4 is 5.73 Å². The van der Waals surface area contributed by atoms with E-state index in [0.717, 1.165) is 23.1 Å². The van der Waals surface area contributed by atoms with Crippen LogP contribution >= 0.6 is 15.9 Å². The zero-order valence-corrected chi connectivity index (χ0v) is 11.9. The Hall–Kier alpha value is -0.870. The minimum Gasteiger partial charge on any atom is -0.343 e. The van der Waals surface area contributed by atoms with Crippen LogP contribution in [0.3, 0.4) is 0 Å². The molecule has 1 aromatic rings. The van der Waals surface area contributed by atoms with Crippen LogP contribution in [0.4, 0.5) is 0 Å². The number of rotatable bonds is 5. The van der Waals surface area contributed by atoms with Crippen LogP contribution in [0.5, 0.6) is 0 Å². The molecule has 4 heteroatoms. The fourth-order valence-corrected chi connectivity index (χ4v) is 2.17. The lowest BCUT2D eigenvalue weighted by molar-refractivity contribution is -0.131. The third kappa shape index (κ3) is 4.13. The van der Waals surface area contributed by atoms with Gasteiger partial charge >= 0.3 is 0 Å². The highest BCUT2D eigenvalue weighted by Crippen LogP contribution is 2.19. The van der Waals surface area contributed by atoms with E-state index in [1.54, 1.807) is 4.90 Å². The van der Waals surface area contributed by atoms with E-state index in [4.69, 9.17) is 5.73 Å². The Bertz CT molecular complexity index is 377. The van der Waals surface area contributed by atoms with Crippen molar-refractivity contribution in [2.75, 3.05) is 13.1 Å². The average molecular weight is 299 g/mol. The summed E-state index contributed by atoms with van der Waals surface area (Å²) in [6, 6.07) is 7.55. The molecule has 0 saturated carbocycles. The Labute approximate surface area is 111 Å². The predicted octanol–water partition coefficient (Wildman–Crippen LogP) is 2.71. The second-order valence-electron chi connectivity index (χ2n) is 3.93. The molecule has 1 rings (SSSR count). The topological polar surface area (TPSA) is 46.3 Å². The average Bonchev–Trinajstić information content (AvgIpc) is 2.30. The Balaban J connectivity index is 2.66. The normalized spacial score (nSPS) is 12.2. The van der Waals surface area contributed by atoms with Gasteiger partial charge in [0, 0.05) is 30.0 Å². The summed E-state index contributed by atoms with van der Waals surface area (Å²) >= 11 is 3.40. The monoisotopic (exact) mass is 298 g/mol. The van der Waals surface area contributed by atoms with Gasteiger partial charge in [-0.3, -0.25) is 4.79 Å². The van der Waals surface area contributed by atoms with Gasteiger partial charge < -0.3 is 10.6 Å². The molecule has 0 heterocycles. The Morgan fingerprint density at radius 1 is 1.41 bits per heavy atom. The maximum Gasteiger partial charge on any atom is 0.224 e. The maximum absolute atomic E-state index is 11.9. The number of amides is 1. The molecule has 0 aliphatic carbocycles. The molecule has 0 radical (unpaired) electrons. The van der Waals surface area contributed by atoms with Crippen molar-refractivity contribution in [3.05, 3.63) is 34.3 Å². The molecule has 0 spiro atoms. The van der Waals surface area contributed by atoms with Gasteiger partial charge in [-0.05, 0) is 31.5 Å². The van der Waals surface area contributed by atoms with Crippen molar-refractivity contribution >= 4 is 21.8 Å². The molecule has 0 aliphatic heterocycles. The van der Waals surface area contributed by atoms with Gasteiger partial charge in [0.15, 0.2) is 0 Å². The number of benzene rings is 1. The minimum absolute atomic E-state index is 0.113. The first-order chi connectivity index (χ1) is 8.08. The lowest BCUT2D eigenvalue weighted by atomic mass is 10.0. The van der Waals surface area contributed by atoms with Crippen molar-refractivity contribution in [1.29, 1.82) is 0 Å². The van der Waals surface area contributed by atoms with E-state index in [0.29, 0.717) is 6.42 Å². The summed E-state index contributed by atoms with van der Waals surface area (Å²) in [5, 5.41) is 0. The molecule has 0 aliphatic rings. The Morgan fingerprint density at radius 3 is 2.59 bits per heavy atom. The SMILES string of the molecule is CCN(CC)C(=O)CC(N)c1cccc(Br)c1.